The SMILES string of the molecule is C=CCCc1cccc(CNc2cc(O)c(C(N)=O)cc2S(=O)(=O)Nc2cccc(CC=C)c2)c1. The van der Waals surface area contributed by atoms with Gasteiger partial charge in [-0.3, -0.25) is 9.52 Å². The Bertz CT molecular complexity index is 1350. The van der Waals surface area contributed by atoms with E-state index in [-0.39, 0.29) is 16.1 Å². The lowest BCUT2D eigenvalue weighted by molar-refractivity contribution is 0.0997. The Morgan fingerprint density at radius 1 is 0.971 bits per heavy atom. The summed E-state index contributed by atoms with van der Waals surface area (Å²) in [6, 6.07) is 17.1. The highest BCUT2D eigenvalue weighted by molar-refractivity contribution is 7.92. The molecule has 0 aliphatic carbocycles. The molecule has 3 aromatic rings. The minimum Gasteiger partial charge on any atom is -0.507 e. The van der Waals surface area contributed by atoms with E-state index in [0.29, 0.717) is 18.7 Å². The van der Waals surface area contributed by atoms with E-state index in [0.717, 1.165) is 35.6 Å². The molecule has 1 amide bonds. The predicted octanol–water partition coefficient (Wildman–Crippen LogP) is 4.75. The molecular weight excluding hydrogens is 462 g/mol. The summed E-state index contributed by atoms with van der Waals surface area (Å²) in [5.41, 5.74) is 8.51. The average Bonchev–Trinajstić information content (AvgIpc) is 2.81. The molecule has 0 bridgehead atoms. The number of benzene rings is 3. The maximum Gasteiger partial charge on any atom is 0.263 e. The van der Waals surface area contributed by atoms with Crippen LogP contribution in [0.5, 0.6) is 5.75 Å². The number of allylic oxidation sites excluding steroid dienone is 2. The molecule has 0 aromatic heterocycles. The number of anilines is 2. The zero-order valence-electron chi connectivity index (χ0n) is 19.3. The van der Waals surface area contributed by atoms with Crippen LogP contribution in [0.1, 0.15) is 33.5 Å². The Kier molecular flexibility index (Phi) is 8.33. The first kappa shape index (κ1) is 25.6. The maximum absolute atomic E-state index is 13.3. The lowest BCUT2D eigenvalue weighted by atomic mass is 10.1. The molecule has 5 N–H and O–H groups in total. The topological polar surface area (TPSA) is 122 Å². The van der Waals surface area contributed by atoms with Crippen LogP contribution in [0, 0.1) is 0 Å². The third-order valence-electron chi connectivity index (χ3n) is 5.32. The number of amides is 1. The van der Waals surface area contributed by atoms with Crippen molar-refractivity contribution >= 4 is 27.3 Å². The Morgan fingerprint density at radius 3 is 2.40 bits per heavy atom. The number of hydrogen-bond acceptors (Lipinski definition) is 5. The molecule has 0 aliphatic rings. The predicted molar refractivity (Wildman–Crippen MR) is 140 cm³/mol. The average molecular weight is 492 g/mol. The Labute approximate surface area is 206 Å². The molecule has 7 nitrogen and oxygen atoms in total. The fourth-order valence-corrected chi connectivity index (χ4v) is 4.87. The molecule has 0 heterocycles. The van der Waals surface area contributed by atoms with Crippen LogP contribution >= 0.6 is 0 Å². The highest BCUT2D eigenvalue weighted by Gasteiger charge is 2.23. The van der Waals surface area contributed by atoms with Crippen molar-refractivity contribution in [3.63, 3.8) is 0 Å². The minimum absolute atomic E-state index is 0.138. The van der Waals surface area contributed by atoms with E-state index in [4.69, 9.17) is 5.73 Å². The first-order valence-electron chi connectivity index (χ1n) is 11.1. The highest BCUT2D eigenvalue weighted by Crippen LogP contribution is 2.31. The number of carbonyl (C=O) groups excluding carboxylic acids is 1. The van der Waals surface area contributed by atoms with Crippen molar-refractivity contribution in [2.45, 2.75) is 30.7 Å². The number of aromatic hydroxyl groups is 1. The van der Waals surface area contributed by atoms with Crippen LogP contribution in [-0.2, 0) is 29.4 Å². The molecule has 0 spiro atoms. The zero-order chi connectivity index (χ0) is 25.4. The molecule has 0 saturated heterocycles. The van der Waals surface area contributed by atoms with Crippen molar-refractivity contribution in [1.82, 2.24) is 0 Å². The van der Waals surface area contributed by atoms with E-state index < -0.39 is 21.7 Å². The molecule has 0 radical (unpaired) electrons. The maximum atomic E-state index is 13.3. The summed E-state index contributed by atoms with van der Waals surface area (Å²) < 4.78 is 29.2. The minimum atomic E-state index is -4.14. The number of hydrogen-bond donors (Lipinski definition) is 4. The number of nitrogens with two attached hydrogens (primary N) is 1. The summed E-state index contributed by atoms with van der Waals surface area (Å²) in [6.07, 6.45) is 5.85. The van der Waals surface area contributed by atoms with Gasteiger partial charge >= 0.3 is 0 Å². The summed E-state index contributed by atoms with van der Waals surface area (Å²) in [6.45, 7) is 7.74. The van der Waals surface area contributed by atoms with Crippen molar-refractivity contribution in [1.29, 1.82) is 0 Å². The van der Waals surface area contributed by atoms with Crippen LogP contribution in [0.3, 0.4) is 0 Å². The zero-order valence-corrected chi connectivity index (χ0v) is 20.1. The second-order valence-corrected chi connectivity index (χ2v) is 9.68. The fraction of sp³-hybridized carbons (Fsp3) is 0.148. The number of rotatable bonds is 12. The number of sulfonamides is 1. The molecule has 0 unspecified atom stereocenters. The number of carbonyl (C=O) groups is 1. The molecule has 0 fully saturated rings. The van der Waals surface area contributed by atoms with Gasteiger partial charge in [-0.2, -0.15) is 0 Å². The van der Waals surface area contributed by atoms with Crippen molar-refractivity contribution in [3.05, 3.63) is 108 Å². The third kappa shape index (κ3) is 6.74. The second-order valence-electron chi connectivity index (χ2n) is 8.03. The molecule has 3 aromatic carbocycles. The quantitative estimate of drug-likeness (QED) is 0.272. The van der Waals surface area contributed by atoms with E-state index in [1.54, 1.807) is 24.3 Å². The van der Waals surface area contributed by atoms with Gasteiger partial charge in [-0.1, -0.05) is 48.6 Å². The van der Waals surface area contributed by atoms with Gasteiger partial charge in [0.05, 0.1) is 11.3 Å². The largest absolute Gasteiger partial charge is 0.507 e. The van der Waals surface area contributed by atoms with Crippen molar-refractivity contribution in [3.8, 4) is 5.75 Å². The summed E-state index contributed by atoms with van der Waals surface area (Å²) in [4.78, 5) is 11.6. The van der Waals surface area contributed by atoms with Gasteiger partial charge < -0.3 is 16.2 Å². The third-order valence-corrected chi connectivity index (χ3v) is 6.74. The fourth-order valence-electron chi connectivity index (χ4n) is 3.63. The van der Waals surface area contributed by atoms with Gasteiger partial charge in [0.2, 0.25) is 0 Å². The summed E-state index contributed by atoms with van der Waals surface area (Å²) in [5, 5.41) is 13.4. The van der Waals surface area contributed by atoms with Crippen LogP contribution in [0.15, 0.2) is 90.9 Å². The molecule has 182 valence electrons. The van der Waals surface area contributed by atoms with Crippen LogP contribution in [0.4, 0.5) is 11.4 Å². The van der Waals surface area contributed by atoms with E-state index in [2.05, 4.69) is 23.2 Å². The molecule has 8 heteroatoms. The van der Waals surface area contributed by atoms with Gasteiger partial charge in [-0.25, -0.2) is 8.42 Å². The molecule has 0 saturated carbocycles. The monoisotopic (exact) mass is 491 g/mol. The van der Waals surface area contributed by atoms with Gasteiger partial charge in [0.1, 0.15) is 10.6 Å². The normalized spacial score (nSPS) is 11.0. The van der Waals surface area contributed by atoms with E-state index in [9.17, 15) is 18.3 Å². The second kappa shape index (κ2) is 11.4. The van der Waals surface area contributed by atoms with E-state index in [1.807, 2.05) is 36.4 Å². The van der Waals surface area contributed by atoms with Crippen molar-refractivity contribution in [2.24, 2.45) is 5.73 Å². The van der Waals surface area contributed by atoms with E-state index >= 15 is 0 Å². The lowest BCUT2D eigenvalue weighted by Crippen LogP contribution is -2.18. The lowest BCUT2D eigenvalue weighted by Gasteiger charge is -2.16. The number of aryl methyl sites for hydroxylation is 1. The molecule has 3 rings (SSSR count). The number of phenols is 1. The van der Waals surface area contributed by atoms with Crippen molar-refractivity contribution in [2.75, 3.05) is 10.0 Å². The Morgan fingerprint density at radius 2 is 1.69 bits per heavy atom. The molecule has 0 atom stereocenters. The molecular formula is C27H29N3O4S. The summed E-state index contributed by atoms with van der Waals surface area (Å²) in [7, 11) is -4.14. The van der Waals surface area contributed by atoms with Gasteiger partial charge in [0.15, 0.2) is 0 Å². The van der Waals surface area contributed by atoms with Crippen LogP contribution in [0.25, 0.3) is 0 Å². The van der Waals surface area contributed by atoms with Crippen molar-refractivity contribution < 1.29 is 18.3 Å². The van der Waals surface area contributed by atoms with Crippen LogP contribution in [-0.4, -0.2) is 19.4 Å². The van der Waals surface area contributed by atoms with Gasteiger partial charge in [-0.05, 0) is 54.2 Å². The number of nitrogens with one attached hydrogen (secondary N) is 2. The van der Waals surface area contributed by atoms with E-state index in [1.165, 1.54) is 6.07 Å². The highest BCUT2D eigenvalue weighted by atomic mass is 32.2. The van der Waals surface area contributed by atoms with Crippen LogP contribution < -0.4 is 15.8 Å². The first-order chi connectivity index (χ1) is 16.7. The van der Waals surface area contributed by atoms with Gasteiger partial charge in [-0.15, -0.1) is 13.2 Å². The number of primary amides is 1. The summed E-state index contributed by atoms with van der Waals surface area (Å²) >= 11 is 0. The molecule has 35 heavy (non-hydrogen) atoms. The smallest absolute Gasteiger partial charge is 0.263 e. The Hall–Kier alpha value is -4.04. The van der Waals surface area contributed by atoms with Gasteiger partial charge in [0, 0.05) is 18.3 Å². The Balaban J connectivity index is 1.94. The van der Waals surface area contributed by atoms with Gasteiger partial charge in [0.25, 0.3) is 15.9 Å². The summed E-state index contributed by atoms with van der Waals surface area (Å²) in [5.74, 6) is -1.35. The molecule has 0 aliphatic heterocycles. The standard InChI is InChI=1S/C27H29N3O4S/c1-3-5-9-20-10-6-12-21(14-20)18-29-24-17-25(31)23(27(28)32)16-26(24)35(33,34)30-22-13-7-11-19(15-22)8-4-2/h3-4,6-7,10-17,29-31H,1-2,5,8-9,18H2,(H2,28,32). The van der Waals surface area contributed by atoms with Crippen LogP contribution in [0.2, 0.25) is 0 Å². The first-order valence-corrected chi connectivity index (χ1v) is 12.5.